The summed E-state index contributed by atoms with van der Waals surface area (Å²) in [6.07, 6.45) is 3.32. The van der Waals surface area contributed by atoms with Crippen molar-refractivity contribution in [2.24, 2.45) is 0 Å². The van der Waals surface area contributed by atoms with Crippen molar-refractivity contribution in [1.82, 2.24) is 19.3 Å². The Morgan fingerprint density at radius 2 is 1.72 bits per heavy atom. The first-order chi connectivity index (χ1) is 20.9. The molecular formula is C29H33N5O7S2. The Hall–Kier alpha value is -3.79. The maximum absolute atomic E-state index is 13.7. The maximum Gasteiger partial charge on any atom is 0.326 e. The van der Waals surface area contributed by atoms with Crippen molar-refractivity contribution < 1.29 is 32.9 Å². The first-order valence-corrected chi connectivity index (χ1v) is 15.8. The minimum Gasteiger partial charge on any atom is -0.480 e. The standard InChI is InChI=1S/C29H33N5O7S2/c35-14-16-41-18-17-40-15-11-25(29(36)37)33-26-5-3-4-24(32-26)21-34(43(38,39)27-6-1-2-12-30-27)20-22-7-9-23(10-8-22)28-31-13-19-42-28/h1-10,12-13,19,25,35H,11,14-18,20-21H2,(H,32,33)(H,36,37). The number of anilines is 1. The Morgan fingerprint density at radius 1 is 0.930 bits per heavy atom. The zero-order valence-corrected chi connectivity index (χ0v) is 24.9. The molecule has 0 amide bonds. The van der Waals surface area contributed by atoms with E-state index < -0.39 is 22.0 Å². The molecule has 3 N–H and O–H groups in total. The van der Waals surface area contributed by atoms with E-state index in [9.17, 15) is 18.3 Å². The topological polar surface area (TPSA) is 164 Å². The number of nitrogens with zero attached hydrogens (tertiary/aromatic N) is 4. The van der Waals surface area contributed by atoms with Gasteiger partial charge in [-0.1, -0.05) is 36.4 Å². The Balaban J connectivity index is 1.47. The van der Waals surface area contributed by atoms with Crippen molar-refractivity contribution >= 4 is 33.1 Å². The molecule has 0 fully saturated rings. The summed E-state index contributed by atoms with van der Waals surface area (Å²) in [5.41, 5.74) is 2.12. The summed E-state index contributed by atoms with van der Waals surface area (Å²) in [4.78, 5) is 24.8. The largest absolute Gasteiger partial charge is 0.480 e. The molecule has 1 aromatic carbocycles. The zero-order valence-electron chi connectivity index (χ0n) is 23.3. The molecule has 0 saturated carbocycles. The lowest BCUT2D eigenvalue weighted by molar-refractivity contribution is -0.138. The second-order valence-electron chi connectivity index (χ2n) is 9.26. The van der Waals surface area contributed by atoms with Gasteiger partial charge in [-0.25, -0.2) is 28.2 Å². The highest BCUT2D eigenvalue weighted by molar-refractivity contribution is 7.89. The normalized spacial score (nSPS) is 12.3. The summed E-state index contributed by atoms with van der Waals surface area (Å²) in [7, 11) is -4.01. The summed E-state index contributed by atoms with van der Waals surface area (Å²) in [6.45, 7) is 0.863. The first kappa shape index (κ1) is 32.1. The number of aliphatic hydroxyl groups is 1. The van der Waals surface area contributed by atoms with Crippen LogP contribution in [-0.2, 0) is 37.4 Å². The molecule has 1 unspecified atom stereocenters. The molecule has 0 aliphatic rings. The van der Waals surface area contributed by atoms with Crippen molar-refractivity contribution in [3.8, 4) is 10.6 Å². The number of carboxylic acid groups (broad SMARTS) is 1. The third-order valence-electron chi connectivity index (χ3n) is 6.16. The molecule has 0 saturated heterocycles. The van der Waals surface area contributed by atoms with Crippen molar-refractivity contribution in [2.45, 2.75) is 30.6 Å². The average Bonchev–Trinajstić information content (AvgIpc) is 3.56. The maximum atomic E-state index is 13.7. The fourth-order valence-electron chi connectivity index (χ4n) is 4.03. The minimum atomic E-state index is -4.01. The number of aliphatic carboxylic acids is 1. The van der Waals surface area contributed by atoms with Crippen LogP contribution < -0.4 is 5.32 Å². The van der Waals surface area contributed by atoms with Gasteiger partial charge >= 0.3 is 5.97 Å². The van der Waals surface area contributed by atoms with E-state index in [1.807, 2.05) is 29.6 Å². The Labute approximate surface area is 254 Å². The van der Waals surface area contributed by atoms with E-state index in [1.165, 1.54) is 27.9 Å². The molecule has 228 valence electrons. The van der Waals surface area contributed by atoms with Crippen LogP contribution >= 0.6 is 11.3 Å². The SMILES string of the molecule is O=C(O)C(CCOCCOCCO)Nc1cccc(CN(Cc2ccc(-c3nccs3)cc2)S(=O)(=O)c2ccccn2)n1. The van der Waals surface area contributed by atoms with Crippen molar-refractivity contribution in [2.75, 3.05) is 38.4 Å². The van der Waals surface area contributed by atoms with Crippen LogP contribution in [0.25, 0.3) is 10.6 Å². The van der Waals surface area contributed by atoms with Crippen LogP contribution in [0.2, 0.25) is 0 Å². The number of rotatable bonds is 18. The van der Waals surface area contributed by atoms with Gasteiger partial charge in [0.2, 0.25) is 0 Å². The third kappa shape index (κ3) is 9.61. The molecule has 0 bridgehead atoms. The number of ether oxygens (including phenoxy) is 2. The Bertz CT molecular complexity index is 1520. The van der Waals surface area contributed by atoms with Crippen LogP contribution in [-0.4, -0.2) is 82.9 Å². The van der Waals surface area contributed by atoms with E-state index in [0.29, 0.717) is 18.1 Å². The highest BCUT2D eigenvalue weighted by Crippen LogP contribution is 2.24. The summed E-state index contributed by atoms with van der Waals surface area (Å²) in [6, 6.07) is 16.2. The molecule has 3 aromatic heterocycles. The number of nitrogens with one attached hydrogen (secondary N) is 1. The van der Waals surface area contributed by atoms with E-state index in [2.05, 4.69) is 20.3 Å². The number of hydrogen-bond donors (Lipinski definition) is 3. The van der Waals surface area contributed by atoms with E-state index in [-0.39, 0.29) is 51.0 Å². The number of sulfonamides is 1. The van der Waals surface area contributed by atoms with Crippen LogP contribution in [0.1, 0.15) is 17.7 Å². The summed E-state index contributed by atoms with van der Waals surface area (Å²) in [5.74, 6) is -0.785. The van der Waals surface area contributed by atoms with Gasteiger partial charge in [0.05, 0.1) is 38.7 Å². The van der Waals surface area contributed by atoms with Crippen LogP contribution in [0.3, 0.4) is 0 Å². The van der Waals surface area contributed by atoms with Gasteiger partial charge < -0.3 is 25.0 Å². The van der Waals surface area contributed by atoms with E-state index in [4.69, 9.17) is 14.6 Å². The van der Waals surface area contributed by atoms with Gasteiger partial charge in [0, 0.05) is 42.9 Å². The zero-order chi connectivity index (χ0) is 30.5. The van der Waals surface area contributed by atoms with Gasteiger partial charge in [0.25, 0.3) is 10.0 Å². The molecule has 4 aromatic rings. The number of pyridine rings is 2. The second-order valence-corrected chi connectivity index (χ2v) is 12.0. The third-order valence-corrected chi connectivity index (χ3v) is 8.69. The molecule has 1 atom stereocenters. The molecule has 3 heterocycles. The smallest absolute Gasteiger partial charge is 0.326 e. The number of carboxylic acids is 1. The van der Waals surface area contributed by atoms with E-state index in [1.54, 1.807) is 36.5 Å². The highest BCUT2D eigenvalue weighted by Gasteiger charge is 2.27. The van der Waals surface area contributed by atoms with Crippen LogP contribution in [0.15, 0.2) is 83.5 Å². The molecule has 14 heteroatoms. The predicted molar refractivity (Wildman–Crippen MR) is 161 cm³/mol. The van der Waals surface area contributed by atoms with E-state index >= 15 is 0 Å². The number of carbonyl (C=O) groups is 1. The predicted octanol–water partition coefficient (Wildman–Crippen LogP) is 3.27. The lowest BCUT2D eigenvalue weighted by Gasteiger charge is -2.22. The summed E-state index contributed by atoms with van der Waals surface area (Å²) >= 11 is 1.52. The molecule has 12 nitrogen and oxygen atoms in total. The number of benzene rings is 1. The summed E-state index contributed by atoms with van der Waals surface area (Å²) < 4.78 is 39.2. The molecular weight excluding hydrogens is 594 g/mol. The van der Waals surface area contributed by atoms with Crippen molar-refractivity contribution in [1.29, 1.82) is 0 Å². The lowest BCUT2D eigenvalue weighted by Crippen LogP contribution is -2.32. The number of aliphatic hydroxyl groups excluding tert-OH is 1. The number of hydrogen-bond acceptors (Lipinski definition) is 11. The van der Waals surface area contributed by atoms with Crippen LogP contribution in [0.5, 0.6) is 0 Å². The van der Waals surface area contributed by atoms with Gasteiger partial charge in [-0.2, -0.15) is 4.31 Å². The minimum absolute atomic E-state index is 0.0630. The fourth-order valence-corrected chi connectivity index (χ4v) is 6.01. The fraction of sp³-hybridized carbons (Fsp3) is 0.310. The monoisotopic (exact) mass is 627 g/mol. The van der Waals surface area contributed by atoms with Gasteiger partial charge in [0.15, 0.2) is 5.03 Å². The average molecular weight is 628 g/mol. The van der Waals surface area contributed by atoms with Crippen LogP contribution in [0.4, 0.5) is 5.82 Å². The van der Waals surface area contributed by atoms with Crippen molar-refractivity contribution in [3.05, 3.63) is 89.7 Å². The quantitative estimate of drug-likeness (QED) is 0.139. The molecule has 0 aliphatic carbocycles. The van der Waals surface area contributed by atoms with Gasteiger partial charge in [-0.3, -0.25) is 0 Å². The molecule has 4 rings (SSSR count). The number of thiazole rings is 1. The first-order valence-electron chi connectivity index (χ1n) is 13.5. The van der Waals surface area contributed by atoms with Gasteiger partial charge in [-0.15, -0.1) is 11.3 Å². The lowest BCUT2D eigenvalue weighted by atomic mass is 10.1. The van der Waals surface area contributed by atoms with Gasteiger partial charge in [-0.05, 0) is 29.8 Å². The Kier molecular flexibility index (Phi) is 12.1. The Morgan fingerprint density at radius 3 is 2.40 bits per heavy atom. The summed E-state index contributed by atoms with van der Waals surface area (Å²) in [5, 5.41) is 24.0. The van der Waals surface area contributed by atoms with Gasteiger partial charge in [0.1, 0.15) is 16.9 Å². The molecule has 0 spiro atoms. The molecule has 0 radical (unpaired) electrons. The van der Waals surface area contributed by atoms with Crippen LogP contribution in [0, 0.1) is 0 Å². The van der Waals surface area contributed by atoms with E-state index in [0.717, 1.165) is 16.1 Å². The molecule has 0 aliphatic heterocycles. The second kappa shape index (κ2) is 16.2. The highest BCUT2D eigenvalue weighted by atomic mass is 32.2. The van der Waals surface area contributed by atoms with Crippen molar-refractivity contribution in [3.63, 3.8) is 0 Å². The number of aromatic nitrogens is 3. The molecule has 43 heavy (non-hydrogen) atoms.